The largest absolute Gasteiger partial charge is 0.339 e. The zero-order valence-corrected chi connectivity index (χ0v) is 13.1. The van der Waals surface area contributed by atoms with Gasteiger partial charge in [-0.15, -0.1) is 0 Å². The van der Waals surface area contributed by atoms with Crippen molar-refractivity contribution in [2.75, 3.05) is 0 Å². The third-order valence-corrected chi connectivity index (χ3v) is 4.62. The summed E-state index contributed by atoms with van der Waals surface area (Å²) in [5.74, 6) is 1.24. The van der Waals surface area contributed by atoms with E-state index in [0.717, 1.165) is 37.7 Å². The van der Waals surface area contributed by atoms with E-state index in [4.69, 9.17) is 33.5 Å². The van der Waals surface area contributed by atoms with Gasteiger partial charge in [0.05, 0.1) is 5.54 Å². The molecule has 0 atom stereocenters. The summed E-state index contributed by atoms with van der Waals surface area (Å²) in [5.41, 5.74) is 6.94. The Hall–Kier alpha value is -1.10. The molecule has 1 aliphatic rings. The molecule has 6 heteroatoms. The molecule has 2 N–H and O–H groups in total. The number of nitrogens with two attached hydrogens (primary N) is 1. The summed E-state index contributed by atoms with van der Waals surface area (Å²) >= 11 is 12.0. The maximum absolute atomic E-state index is 6.32. The molecule has 21 heavy (non-hydrogen) atoms. The number of hydrogen-bond acceptors (Lipinski definition) is 4. The lowest BCUT2D eigenvalue weighted by atomic mass is 9.99. The standard InChI is InChI=1S/C15H17Cl2N3O/c16-11-5-3-10(12(17)9-11)4-6-13-19-14(20-21-13)15(18)7-1-2-8-15/h3,5,9H,1-2,4,6-8,18H2. The molecular weight excluding hydrogens is 309 g/mol. The number of benzene rings is 1. The van der Waals surface area contributed by atoms with Crippen LogP contribution in [0.4, 0.5) is 0 Å². The molecule has 0 amide bonds. The summed E-state index contributed by atoms with van der Waals surface area (Å²) < 4.78 is 5.32. The predicted octanol–water partition coefficient (Wildman–Crippen LogP) is 3.89. The van der Waals surface area contributed by atoms with Crippen molar-refractivity contribution >= 4 is 23.2 Å². The summed E-state index contributed by atoms with van der Waals surface area (Å²) in [6, 6.07) is 5.49. The minimum atomic E-state index is -0.403. The Bertz CT molecular complexity index is 636. The number of rotatable bonds is 4. The van der Waals surface area contributed by atoms with E-state index in [-0.39, 0.29) is 0 Å². The summed E-state index contributed by atoms with van der Waals surface area (Å²) in [7, 11) is 0. The van der Waals surface area contributed by atoms with Crippen LogP contribution in [0.1, 0.15) is 43.0 Å². The molecule has 0 unspecified atom stereocenters. The highest BCUT2D eigenvalue weighted by atomic mass is 35.5. The van der Waals surface area contributed by atoms with Crippen LogP contribution in [0.3, 0.4) is 0 Å². The minimum Gasteiger partial charge on any atom is -0.339 e. The Morgan fingerprint density at radius 3 is 2.67 bits per heavy atom. The van der Waals surface area contributed by atoms with Gasteiger partial charge < -0.3 is 10.3 Å². The Kier molecular flexibility index (Phi) is 4.20. The maximum atomic E-state index is 6.32. The highest BCUT2D eigenvalue weighted by Crippen LogP contribution is 2.34. The first-order valence-electron chi connectivity index (χ1n) is 7.13. The SMILES string of the molecule is NC1(c2noc(CCc3ccc(Cl)cc3Cl)n2)CCCC1. The van der Waals surface area contributed by atoms with Gasteiger partial charge in [0.2, 0.25) is 5.89 Å². The van der Waals surface area contributed by atoms with Gasteiger partial charge >= 0.3 is 0 Å². The third-order valence-electron chi connectivity index (χ3n) is 4.03. The van der Waals surface area contributed by atoms with Crippen LogP contribution in [0.5, 0.6) is 0 Å². The first-order valence-corrected chi connectivity index (χ1v) is 7.88. The lowest BCUT2D eigenvalue weighted by molar-refractivity contribution is 0.348. The van der Waals surface area contributed by atoms with Crippen LogP contribution in [0, 0.1) is 0 Å². The number of aromatic nitrogens is 2. The molecule has 1 saturated carbocycles. The molecule has 0 aliphatic heterocycles. The lowest BCUT2D eigenvalue weighted by Gasteiger charge is -2.17. The van der Waals surface area contributed by atoms with Crippen molar-refractivity contribution in [1.29, 1.82) is 0 Å². The molecule has 1 aromatic carbocycles. The Balaban J connectivity index is 1.67. The zero-order valence-electron chi connectivity index (χ0n) is 11.6. The molecule has 1 aromatic heterocycles. The molecule has 0 saturated heterocycles. The fourth-order valence-corrected chi connectivity index (χ4v) is 3.26. The molecule has 1 aliphatic carbocycles. The molecule has 1 heterocycles. The average molecular weight is 326 g/mol. The van der Waals surface area contributed by atoms with Crippen molar-refractivity contribution in [2.24, 2.45) is 5.73 Å². The smallest absolute Gasteiger partial charge is 0.227 e. The molecule has 4 nitrogen and oxygen atoms in total. The predicted molar refractivity (Wildman–Crippen MR) is 82.5 cm³/mol. The second-order valence-corrected chi connectivity index (χ2v) is 6.45. The highest BCUT2D eigenvalue weighted by molar-refractivity contribution is 6.35. The molecule has 0 spiro atoms. The number of aryl methyl sites for hydroxylation is 2. The van der Waals surface area contributed by atoms with E-state index < -0.39 is 5.54 Å². The van der Waals surface area contributed by atoms with E-state index in [0.29, 0.717) is 28.2 Å². The van der Waals surface area contributed by atoms with Gasteiger partial charge in [-0.25, -0.2) is 0 Å². The van der Waals surface area contributed by atoms with Crippen LogP contribution in [-0.2, 0) is 18.4 Å². The van der Waals surface area contributed by atoms with Gasteiger partial charge in [0.15, 0.2) is 5.82 Å². The molecule has 3 rings (SSSR count). The van der Waals surface area contributed by atoms with Crippen molar-refractivity contribution in [1.82, 2.24) is 10.1 Å². The second kappa shape index (κ2) is 5.95. The molecule has 0 bridgehead atoms. The van der Waals surface area contributed by atoms with E-state index in [2.05, 4.69) is 10.1 Å². The number of halogens is 2. The van der Waals surface area contributed by atoms with Crippen molar-refractivity contribution in [3.63, 3.8) is 0 Å². The molecular formula is C15H17Cl2N3O. The Morgan fingerprint density at radius 2 is 1.95 bits per heavy atom. The van der Waals surface area contributed by atoms with Gasteiger partial charge in [0, 0.05) is 16.5 Å². The van der Waals surface area contributed by atoms with Crippen molar-refractivity contribution < 1.29 is 4.52 Å². The maximum Gasteiger partial charge on any atom is 0.227 e. The minimum absolute atomic E-state index is 0.403. The van der Waals surface area contributed by atoms with Crippen LogP contribution < -0.4 is 5.73 Å². The summed E-state index contributed by atoms with van der Waals surface area (Å²) in [5, 5.41) is 5.35. The third kappa shape index (κ3) is 3.23. The molecule has 112 valence electrons. The van der Waals surface area contributed by atoms with Crippen molar-refractivity contribution in [3.05, 3.63) is 45.5 Å². The van der Waals surface area contributed by atoms with Gasteiger partial charge in [-0.2, -0.15) is 4.98 Å². The lowest BCUT2D eigenvalue weighted by Crippen LogP contribution is -2.34. The highest BCUT2D eigenvalue weighted by Gasteiger charge is 2.35. The zero-order chi connectivity index (χ0) is 14.9. The van der Waals surface area contributed by atoms with Gasteiger partial charge in [0.1, 0.15) is 0 Å². The quantitative estimate of drug-likeness (QED) is 0.926. The first-order chi connectivity index (χ1) is 10.1. The van der Waals surface area contributed by atoms with Gasteiger partial charge in [-0.1, -0.05) is 47.3 Å². The Labute approximate surface area is 133 Å². The van der Waals surface area contributed by atoms with Crippen LogP contribution in [0.25, 0.3) is 0 Å². The van der Waals surface area contributed by atoms with Crippen LogP contribution >= 0.6 is 23.2 Å². The van der Waals surface area contributed by atoms with Gasteiger partial charge in [-0.05, 0) is 37.0 Å². The van der Waals surface area contributed by atoms with Crippen molar-refractivity contribution in [3.8, 4) is 0 Å². The molecule has 2 aromatic rings. The van der Waals surface area contributed by atoms with E-state index in [1.165, 1.54) is 0 Å². The monoisotopic (exact) mass is 325 g/mol. The summed E-state index contributed by atoms with van der Waals surface area (Å²) in [6.45, 7) is 0. The fraction of sp³-hybridized carbons (Fsp3) is 0.467. The normalized spacial score (nSPS) is 17.3. The molecule has 1 fully saturated rings. The molecule has 0 radical (unpaired) electrons. The Morgan fingerprint density at radius 1 is 1.19 bits per heavy atom. The van der Waals surface area contributed by atoms with Crippen molar-refractivity contribution in [2.45, 2.75) is 44.1 Å². The van der Waals surface area contributed by atoms with Gasteiger partial charge in [0.25, 0.3) is 0 Å². The fourth-order valence-electron chi connectivity index (χ4n) is 2.75. The van der Waals surface area contributed by atoms with E-state index >= 15 is 0 Å². The van der Waals surface area contributed by atoms with Crippen LogP contribution in [0.2, 0.25) is 10.0 Å². The summed E-state index contributed by atoms with van der Waals surface area (Å²) in [6.07, 6.45) is 5.48. The topological polar surface area (TPSA) is 64.9 Å². The van der Waals surface area contributed by atoms with E-state index in [9.17, 15) is 0 Å². The van der Waals surface area contributed by atoms with E-state index in [1.54, 1.807) is 6.07 Å². The number of nitrogens with zero attached hydrogens (tertiary/aromatic N) is 2. The second-order valence-electron chi connectivity index (χ2n) is 5.61. The number of hydrogen-bond donors (Lipinski definition) is 1. The summed E-state index contributed by atoms with van der Waals surface area (Å²) in [4.78, 5) is 4.45. The van der Waals surface area contributed by atoms with Crippen LogP contribution in [-0.4, -0.2) is 10.1 Å². The van der Waals surface area contributed by atoms with E-state index in [1.807, 2.05) is 12.1 Å². The van der Waals surface area contributed by atoms with Crippen LogP contribution in [0.15, 0.2) is 22.7 Å². The first kappa shape index (κ1) is 14.8. The average Bonchev–Trinajstić information content (AvgIpc) is 3.08. The van der Waals surface area contributed by atoms with Gasteiger partial charge in [-0.3, -0.25) is 0 Å².